The predicted octanol–water partition coefficient (Wildman–Crippen LogP) is 4.25. The van der Waals surface area contributed by atoms with Crippen LogP contribution in [-0.4, -0.2) is 8.42 Å². The van der Waals surface area contributed by atoms with E-state index in [-0.39, 0.29) is 4.90 Å². The van der Waals surface area contributed by atoms with Crippen molar-refractivity contribution in [1.82, 2.24) is 0 Å². The zero-order valence-corrected chi connectivity index (χ0v) is 14.6. The van der Waals surface area contributed by atoms with Gasteiger partial charge < -0.3 is 5.73 Å². The van der Waals surface area contributed by atoms with Crippen LogP contribution in [0, 0.1) is 0 Å². The van der Waals surface area contributed by atoms with Gasteiger partial charge >= 0.3 is 0 Å². The van der Waals surface area contributed by atoms with Crippen molar-refractivity contribution in [3.05, 3.63) is 50.4 Å². The quantitative estimate of drug-likeness (QED) is 0.701. The van der Waals surface area contributed by atoms with E-state index in [0.29, 0.717) is 20.9 Å². The summed E-state index contributed by atoms with van der Waals surface area (Å²) in [6, 6.07) is 9.43. The van der Waals surface area contributed by atoms with Crippen molar-refractivity contribution < 1.29 is 8.42 Å². The van der Waals surface area contributed by atoms with Gasteiger partial charge in [-0.15, -0.1) is 0 Å². The van der Waals surface area contributed by atoms with E-state index in [9.17, 15) is 8.42 Å². The van der Waals surface area contributed by atoms with Crippen LogP contribution in [0.25, 0.3) is 0 Å². The summed E-state index contributed by atoms with van der Waals surface area (Å²) in [5.41, 5.74) is 6.27. The van der Waals surface area contributed by atoms with Crippen LogP contribution in [0.2, 0.25) is 5.02 Å². The first kappa shape index (κ1) is 15.6. The number of hydrogen-bond acceptors (Lipinski definition) is 3. The molecule has 0 fully saturated rings. The Labute approximate surface area is 138 Å². The van der Waals surface area contributed by atoms with Crippen molar-refractivity contribution in [2.45, 2.75) is 4.90 Å². The maximum absolute atomic E-state index is 12.3. The molecule has 2 aromatic rings. The molecule has 8 heteroatoms. The van der Waals surface area contributed by atoms with Crippen molar-refractivity contribution >= 4 is 64.9 Å². The first-order chi connectivity index (χ1) is 9.29. The fourth-order valence-electron chi connectivity index (χ4n) is 1.50. The van der Waals surface area contributed by atoms with Crippen molar-refractivity contribution in [1.29, 1.82) is 0 Å². The van der Waals surface area contributed by atoms with E-state index in [0.717, 1.165) is 4.47 Å². The Balaban J connectivity index is 2.43. The molecule has 0 aromatic heterocycles. The lowest BCUT2D eigenvalue weighted by Gasteiger charge is -2.11. The van der Waals surface area contributed by atoms with Gasteiger partial charge in [-0.05, 0) is 52.3 Å². The fraction of sp³-hybridized carbons (Fsp3) is 0. The lowest BCUT2D eigenvalue weighted by molar-refractivity contribution is 0.601. The molecule has 20 heavy (non-hydrogen) atoms. The van der Waals surface area contributed by atoms with Crippen LogP contribution in [0.5, 0.6) is 0 Å². The lowest BCUT2D eigenvalue weighted by atomic mass is 10.3. The molecule has 0 radical (unpaired) electrons. The van der Waals surface area contributed by atoms with Crippen LogP contribution < -0.4 is 10.5 Å². The van der Waals surface area contributed by atoms with Gasteiger partial charge in [0.25, 0.3) is 10.0 Å². The molecule has 0 aliphatic carbocycles. The molecule has 0 amide bonds. The number of nitrogen functional groups attached to an aromatic ring is 1. The summed E-state index contributed by atoms with van der Waals surface area (Å²) in [7, 11) is -3.78. The molecule has 0 spiro atoms. The van der Waals surface area contributed by atoms with Gasteiger partial charge in [-0.2, -0.15) is 0 Å². The van der Waals surface area contributed by atoms with E-state index >= 15 is 0 Å². The highest BCUT2D eigenvalue weighted by Gasteiger charge is 2.19. The molecule has 2 aromatic carbocycles. The van der Waals surface area contributed by atoms with Gasteiger partial charge in [-0.3, -0.25) is 4.72 Å². The number of sulfonamides is 1. The summed E-state index contributed by atoms with van der Waals surface area (Å²) < 4.78 is 28.3. The number of anilines is 2. The first-order valence-electron chi connectivity index (χ1n) is 5.32. The molecule has 0 bridgehead atoms. The summed E-state index contributed by atoms with van der Waals surface area (Å²) in [6.07, 6.45) is 0. The highest BCUT2D eigenvalue weighted by atomic mass is 79.9. The van der Waals surface area contributed by atoms with Crippen LogP contribution in [-0.2, 0) is 10.0 Å². The van der Waals surface area contributed by atoms with E-state index in [1.807, 2.05) is 0 Å². The van der Waals surface area contributed by atoms with Crippen LogP contribution in [0.1, 0.15) is 0 Å². The number of nitrogens with one attached hydrogen (secondary N) is 1. The molecule has 4 nitrogen and oxygen atoms in total. The van der Waals surface area contributed by atoms with Crippen molar-refractivity contribution in [3.63, 3.8) is 0 Å². The van der Waals surface area contributed by atoms with Gasteiger partial charge in [0, 0.05) is 14.6 Å². The monoisotopic (exact) mass is 438 g/mol. The van der Waals surface area contributed by atoms with Crippen LogP contribution >= 0.6 is 43.5 Å². The second-order valence-corrected chi connectivity index (χ2v) is 7.75. The standard InChI is InChI=1S/C12H9Br2ClN2O2S/c13-7-1-4-11(10(15)5-7)17-20(18,19)12-6-8(16)2-3-9(12)14/h1-6,17H,16H2. The highest BCUT2D eigenvalue weighted by molar-refractivity contribution is 9.10. The van der Waals surface area contributed by atoms with Crippen LogP contribution in [0.4, 0.5) is 11.4 Å². The fourth-order valence-corrected chi connectivity index (χ4v) is 4.35. The first-order valence-corrected chi connectivity index (χ1v) is 8.77. The Morgan fingerprint density at radius 1 is 1.10 bits per heavy atom. The molecule has 0 saturated heterocycles. The molecule has 0 aliphatic heterocycles. The Morgan fingerprint density at radius 3 is 2.45 bits per heavy atom. The summed E-state index contributed by atoms with van der Waals surface area (Å²) in [5.74, 6) is 0. The average Bonchev–Trinajstić information content (AvgIpc) is 2.35. The largest absolute Gasteiger partial charge is 0.399 e. The molecular weight excluding hydrogens is 431 g/mol. The van der Waals surface area contributed by atoms with E-state index in [2.05, 4.69) is 36.6 Å². The van der Waals surface area contributed by atoms with Gasteiger partial charge in [0.15, 0.2) is 0 Å². The van der Waals surface area contributed by atoms with Gasteiger partial charge in [0.2, 0.25) is 0 Å². The minimum Gasteiger partial charge on any atom is -0.399 e. The van der Waals surface area contributed by atoms with Crippen LogP contribution in [0.15, 0.2) is 50.2 Å². The molecule has 0 aliphatic rings. The van der Waals surface area contributed by atoms with Crippen LogP contribution in [0.3, 0.4) is 0 Å². The number of halogens is 3. The summed E-state index contributed by atoms with van der Waals surface area (Å²) in [6.45, 7) is 0. The summed E-state index contributed by atoms with van der Waals surface area (Å²) in [4.78, 5) is 0.0523. The van der Waals surface area contributed by atoms with Gasteiger partial charge in [0.1, 0.15) is 4.90 Å². The Bertz CT molecular complexity index is 766. The molecule has 2 rings (SSSR count). The van der Waals surface area contributed by atoms with Gasteiger partial charge in [-0.1, -0.05) is 27.5 Å². The van der Waals surface area contributed by atoms with Gasteiger partial charge in [-0.25, -0.2) is 8.42 Å². The van der Waals surface area contributed by atoms with E-state index < -0.39 is 10.0 Å². The molecule has 0 atom stereocenters. The van der Waals surface area contributed by atoms with Gasteiger partial charge in [0.05, 0.1) is 10.7 Å². The Kier molecular flexibility index (Phi) is 4.63. The molecule has 0 heterocycles. The molecular formula is C12H9Br2ClN2O2S. The third-order valence-corrected chi connectivity index (χ3v) is 5.59. The van der Waals surface area contributed by atoms with Crippen molar-refractivity contribution in [2.75, 3.05) is 10.5 Å². The number of nitrogens with two attached hydrogens (primary N) is 1. The molecule has 3 N–H and O–H groups in total. The van der Waals surface area contributed by atoms with Crippen molar-refractivity contribution in [3.8, 4) is 0 Å². The zero-order chi connectivity index (χ0) is 14.9. The average molecular weight is 441 g/mol. The minimum atomic E-state index is -3.78. The van der Waals surface area contributed by atoms with E-state index in [1.165, 1.54) is 6.07 Å². The third kappa shape index (κ3) is 3.46. The minimum absolute atomic E-state index is 0.0523. The van der Waals surface area contributed by atoms with Crippen molar-refractivity contribution in [2.24, 2.45) is 0 Å². The number of benzene rings is 2. The SMILES string of the molecule is Nc1ccc(Br)c(S(=O)(=O)Nc2ccc(Br)cc2Cl)c1. The second kappa shape index (κ2) is 5.93. The topological polar surface area (TPSA) is 72.2 Å². The third-order valence-electron chi connectivity index (χ3n) is 2.42. The number of hydrogen-bond donors (Lipinski definition) is 2. The summed E-state index contributed by atoms with van der Waals surface area (Å²) in [5, 5.41) is 0.294. The smallest absolute Gasteiger partial charge is 0.263 e. The normalized spacial score (nSPS) is 11.3. The Hall–Kier alpha value is -0.760. The predicted molar refractivity (Wildman–Crippen MR) is 88.5 cm³/mol. The number of rotatable bonds is 3. The Morgan fingerprint density at radius 2 is 1.80 bits per heavy atom. The maximum atomic E-state index is 12.3. The molecule has 0 saturated carbocycles. The second-order valence-electron chi connectivity index (χ2n) is 3.92. The summed E-state index contributed by atoms with van der Waals surface area (Å²) >= 11 is 12.5. The molecule has 106 valence electrons. The maximum Gasteiger partial charge on any atom is 0.263 e. The van der Waals surface area contributed by atoms with E-state index in [4.69, 9.17) is 17.3 Å². The van der Waals surface area contributed by atoms with E-state index in [1.54, 1.807) is 30.3 Å². The highest BCUT2D eigenvalue weighted by Crippen LogP contribution is 2.30. The lowest BCUT2D eigenvalue weighted by Crippen LogP contribution is -2.14. The molecule has 0 unspecified atom stereocenters. The zero-order valence-electron chi connectivity index (χ0n) is 9.90.